The van der Waals surface area contributed by atoms with E-state index in [-0.39, 0.29) is 12.5 Å². The van der Waals surface area contributed by atoms with E-state index < -0.39 is 0 Å². The van der Waals surface area contributed by atoms with Gasteiger partial charge >= 0.3 is 0 Å². The molecule has 0 spiro atoms. The van der Waals surface area contributed by atoms with Gasteiger partial charge in [-0.1, -0.05) is 11.6 Å². The zero-order valence-electron chi connectivity index (χ0n) is 12.6. The lowest BCUT2D eigenvalue weighted by Crippen LogP contribution is -2.44. The van der Waals surface area contributed by atoms with E-state index in [1.54, 1.807) is 18.3 Å². The van der Waals surface area contributed by atoms with Gasteiger partial charge in [0.15, 0.2) is 6.61 Å². The summed E-state index contributed by atoms with van der Waals surface area (Å²) in [5.74, 6) is 0.629. The number of halogens is 1. The number of hydrogen-bond acceptors (Lipinski definition) is 3. The normalized spacial score (nSPS) is 18.5. The number of amides is 1. The Kier molecular flexibility index (Phi) is 4.48. The maximum absolute atomic E-state index is 12.3. The molecule has 4 nitrogen and oxygen atoms in total. The predicted octanol–water partition coefficient (Wildman–Crippen LogP) is 3.67. The van der Waals surface area contributed by atoms with E-state index in [0.29, 0.717) is 22.3 Å². The molecule has 1 atom stereocenters. The first-order chi connectivity index (χ1) is 10.7. The summed E-state index contributed by atoms with van der Waals surface area (Å²) in [7, 11) is 0. The number of pyridine rings is 1. The Morgan fingerprint density at radius 1 is 1.41 bits per heavy atom. The van der Waals surface area contributed by atoms with Crippen LogP contribution in [0.25, 0.3) is 10.9 Å². The molecule has 1 aromatic heterocycles. The largest absolute Gasteiger partial charge is 0.481 e. The molecular formula is C17H19ClN2O2. The Hall–Kier alpha value is -1.81. The van der Waals surface area contributed by atoms with E-state index in [2.05, 4.69) is 11.9 Å². The summed E-state index contributed by atoms with van der Waals surface area (Å²) in [5, 5.41) is 1.46. The molecule has 0 bridgehead atoms. The highest BCUT2D eigenvalue weighted by Crippen LogP contribution is 2.29. The molecule has 1 aromatic carbocycles. The quantitative estimate of drug-likeness (QED) is 0.867. The fourth-order valence-corrected chi connectivity index (χ4v) is 3.13. The number of likely N-dealkylation sites (tertiary alicyclic amines) is 1. The zero-order chi connectivity index (χ0) is 15.5. The number of carbonyl (C=O) groups excluding carboxylic acids is 1. The molecule has 2 aromatic rings. The Labute approximate surface area is 135 Å². The van der Waals surface area contributed by atoms with Crippen LogP contribution < -0.4 is 4.74 Å². The van der Waals surface area contributed by atoms with Crippen molar-refractivity contribution >= 4 is 28.4 Å². The van der Waals surface area contributed by atoms with Crippen LogP contribution in [0.15, 0.2) is 30.5 Å². The van der Waals surface area contributed by atoms with Crippen LogP contribution in [-0.4, -0.2) is 35.0 Å². The smallest absolute Gasteiger partial charge is 0.260 e. The first-order valence-corrected chi connectivity index (χ1v) is 8.00. The number of nitrogens with zero attached hydrogens (tertiary/aromatic N) is 2. The second kappa shape index (κ2) is 6.53. The van der Waals surface area contributed by atoms with Crippen molar-refractivity contribution < 1.29 is 9.53 Å². The minimum Gasteiger partial charge on any atom is -0.481 e. The molecule has 1 aliphatic rings. The third-order valence-corrected chi connectivity index (χ3v) is 4.48. The maximum atomic E-state index is 12.3. The third-order valence-electron chi connectivity index (χ3n) is 4.15. The Morgan fingerprint density at radius 3 is 3.09 bits per heavy atom. The van der Waals surface area contributed by atoms with E-state index >= 15 is 0 Å². The second-order valence-corrected chi connectivity index (χ2v) is 6.07. The summed E-state index contributed by atoms with van der Waals surface area (Å²) in [6, 6.07) is 7.56. The summed E-state index contributed by atoms with van der Waals surface area (Å²) in [4.78, 5) is 18.6. The van der Waals surface area contributed by atoms with Gasteiger partial charge in [0.2, 0.25) is 0 Å². The number of hydrogen-bond donors (Lipinski definition) is 0. The van der Waals surface area contributed by atoms with Crippen LogP contribution in [0.3, 0.4) is 0 Å². The average molecular weight is 319 g/mol. The maximum Gasteiger partial charge on any atom is 0.260 e. The number of aromatic nitrogens is 1. The van der Waals surface area contributed by atoms with Crippen molar-refractivity contribution in [3.05, 3.63) is 35.5 Å². The third kappa shape index (κ3) is 3.02. The van der Waals surface area contributed by atoms with Crippen molar-refractivity contribution in [1.82, 2.24) is 9.88 Å². The molecule has 5 heteroatoms. The van der Waals surface area contributed by atoms with Gasteiger partial charge in [-0.3, -0.25) is 9.78 Å². The van der Waals surface area contributed by atoms with Crippen molar-refractivity contribution in [2.45, 2.75) is 32.2 Å². The SMILES string of the molecule is CC1CCCCN1C(=O)COc1ccc(Cl)c2cccnc12. The van der Waals surface area contributed by atoms with E-state index in [9.17, 15) is 4.79 Å². The Balaban J connectivity index is 1.74. The van der Waals surface area contributed by atoms with Crippen molar-refractivity contribution in [3.8, 4) is 5.75 Å². The van der Waals surface area contributed by atoms with Gasteiger partial charge < -0.3 is 9.64 Å². The van der Waals surface area contributed by atoms with Gasteiger partial charge in [0.25, 0.3) is 5.91 Å². The van der Waals surface area contributed by atoms with Crippen LogP contribution in [0.2, 0.25) is 5.02 Å². The lowest BCUT2D eigenvalue weighted by molar-refractivity contribution is -0.136. The molecule has 1 amide bonds. The predicted molar refractivity (Wildman–Crippen MR) is 87.3 cm³/mol. The van der Waals surface area contributed by atoms with Gasteiger partial charge in [-0.25, -0.2) is 0 Å². The molecular weight excluding hydrogens is 300 g/mol. The van der Waals surface area contributed by atoms with Gasteiger partial charge in [0.05, 0.1) is 5.02 Å². The minimum atomic E-state index is 0.0335. The molecule has 1 aliphatic heterocycles. The van der Waals surface area contributed by atoms with E-state index in [1.807, 2.05) is 17.0 Å². The van der Waals surface area contributed by atoms with Gasteiger partial charge in [0.1, 0.15) is 11.3 Å². The first kappa shape index (κ1) is 15.1. The molecule has 0 aliphatic carbocycles. The number of ether oxygens (including phenoxy) is 1. The van der Waals surface area contributed by atoms with Crippen molar-refractivity contribution in [1.29, 1.82) is 0 Å². The second-order valence-electron chi connectivity index (χ2n) is 5.67. The van der Waals surface area contributed by atoms with Gasteiger partial charge in [0, 0.05) is 24.2 Å². The Morgan fingerprint density at radius 2 is 2.27 bits per heavy atom. The lowest BCUT2D eigenvalue weighted by atomic mass is 10.0. The van der Waals surface area contributed by atoms with E-state index in [0.717, 1.165) is 24.8 Å². The topological polar surface area (TPSA) is 42.4 Å². The molecule has 3 rings (SSSR count). The van der Waals surface area contributed by atoms with Crippen LogP contribution in [0.4, 0.5) is 0 Å². The molecule has 0 saturated carbocycles. The van der Waals surface area contributed by atoms with Crippen LogP contribution in [-0.2, 0) is 4.79 Å². The molecule has 1 saturated heterocycles. The number of benzene rings is 1. The zero-order valence-corrected chi connectivity index (χ0v) is 13.3. The molecule has 22 heavy (non-hydrogen) atoms. The van der Waals surface area contributed by atoms with Crippen molar-refractivity contribution in [3.63, 3.8) is 0 Å². The highest BCUT2D eigenvalue weighted by Gasteiger charge is 2.23. The molecule has 116 valence electrons. The van der Waals surface area contributed by atoms with Gasteiger partial charge in [-0.2, -0.15) is 0 Å². The van der Waals surface area contributed by atoms with Gasteiger partial charge in [-0.05, 0) is 50.5 Å². The van der Waals surface area contributed by atoms with E-state index in [1.165, 1.54) is 6.42 Å². The molecule has 1 fully saturated rings. The van der Waals surface area contributed by atoms with Crippen molar-refractivity contribution in [2.24, 2.45) is 0 Å². The fourth-order valence-electron chi connectivity index (χ4n) is 2.92. The molecule has 0 N–H and O–H groups in total. The van der Waals surface area contributed by atoms with Crippen LogP contribution in [0.1, 0.15) is 26.2 Å². The van der Waals surface area contributed by atoms with E-state index in [4.69, 9.17) is 16.3 Å². The summed E-state index contributed by atoms with van der Waals surface area (Å²) >= 11 is 6.16. The summed E-state index contributed by atoms with van der Waals surface area (Å²) in [6.45, 7) is 2.96. The molecule has 2 heterocycles. The minimum absolute atomic E-state index is 0.0335. The average Bonchev–Trinajstić information content (AvgIpc) is 2.55. The molecule has 0 radical (unpaired) electrons. The number of piperidine rings is 1. The monoisotopic (exact) mass is 318 g/mol. The number of fused-ring (bicyclic) bond motifs is 1. The highest BCUT2D eigenvalue weighted by atomic mass is 35.5. The number of carbonyl (C=O) groups is 1. The lowest BCUT2D eigenvalue weighted by Gasteiger charge is -2.33. The fraction of sp³-hybridized carbons (Fsp3) is 0.412. The molecule has 1 unspecified atom stereocenters. The summed E-state index contributed by atoms with van der Waals surface area (Å²) in [5.41, 5.74) is 0.689. The van der Waals surface area contributed by atoms with Crippen LogP contribution in [0, 0.1) is 0 Å². The first-order valence-electron chi connectivity index (χ1n) is 7.62. The summed E-state index contributed by atoms with van der Waals surface area (Å²) in [6.07, 6.45) is 5.02. The standard InChI is InChI=1S/C17H19ClN2O2/c1-12-5-2-3-10-20(12)16(21)11-22-15-8-7-14(18)13-6-4-9-19-17(13)15/h4,6-9,12H,2-3,5,10-11H2,1H3. The number of rotatable bonds is 3. The van der Waals surface area contributed by atoms with Gasteiger partial charge in [-0.15, -0.1) is 0 Å². The van der Waals surface area contributed by atoms with Crippen molar-refractivity contribution in [2.75, 3.05) is 13.2 Å². The van der Waals surface area contributed by atoms with Crippen LogP contribution >= 0.6 is 11.6 Å². The van der Waals surface area contributed by atoms with Crippen LogP contribution in [0.5, 0.6) is 5.75 Å². The highest BCUT2D eigenvalue weighted by molar-refractivity contribution is 6.35. The Bertz CT molecular complexity index is 689. The summed E-state index contributed by atoms with van der Waals surface area (Å²) < 4.78 is 5.73.